The molecule has 0 aliphatic carbocycles. The molecule has 6 rings (SSSR count). The third-order valence-electron chi connectivity index (χ3n) is 7.40. The second kappa shape index (κ2) is 11.1. The van der Waals surface area contributed by atoms with Gasteiger partial charge in [0.05, 0.1) is 48.3 Å². The first-order valence-corrected chi connectivity index (χ1v) is 14.6. The fourth-order valence-corrected chi connectivity index (χ4v) is 6.58. The number of esters is 1. The van der Waals surface area contributed by atoms with E-state index in [-0.39, 0.29) is 40.1 Å². The average Bonchev–Trinajstić information content (AvgIpc) is 3.45. The molecule has 218 valence electrons. The maximum absolute atomic E-state index is 14.3. The van der Waals surface area contributed by atoms with Gasteiger partial charge in [-0.1, -0.05) is 53.8 Å². The van der Waals surface area contributed by atoms with E-state index in [1.54, 1.807) is 69.2 Å². The van der Waals surface area contributed by atoms with Crippen molar-refractivity contribution >= 4 is 34.5 Å². The summed E-state index contributed by atoms with van der Waals surface area (Å²) in [5.74, 6) is -0.647. The van der Waals surface area contributed by atoms with Crippen LogP contribution in [-0.4, -0.2) is 29.7 Å². The van der Waals surface area contributed by atoms with Gasteiger partial charge >= 0.3 is 5.97 Å². The van der Waals surface area contributed by atoms with Crippen LogP contribution in [0.25, 0.3) is 5.57 Å². The number of hydrogen-bond acceptors (Lipinski definition) is 7. The molecule has 1 aromatic heterocycles. The van der Waals surface area contributed by atoms with E-state index < -0.39 is 17.6 Å². The lowest BCUT2D eigenvalue weighted by atomic mass is 9.95. The molecule has 43 heavy (non-hydrogen) atoms. The Morgan fingerprint density at radius 1 is 1.02 bits per heavy atom. The molecule has 0 spiro atoms. The van der Waals surface area contributed by atoms with Gasteiger partial charge in [-0.25, -0.2) is 14.2 Å². The predicted octanol–water partition coefficient (Wildman–Crippen LogP) is 4.25. The van der Waals surface area contributed by atoms with Gasteiger partial charge in [-0.15, -0.1) is 0 Å². The molecular formula is C33H28FN3O5S. The summed E-state index contributed by atoms with van der Waals surface area (Å²) in [6, 6.07) is 19.5. The van der Waals surface area contributed by atoms with Crippen molar-refractivity contribution in [3.05, 3.63) is 126 Å². The molecule has 2 aliphatic rings. The van der Waals surface area contributed by atoms with Gasteiger partial charge in [-0.3, -0.25) is 14.2 Å². The van der Waals surface area contributed by atoms with E-state index in [1.807, 2.05) is 24.3 Å². The van der Waals surface area contributed by atoms with Crippen LogP contribution in [0.3, 0.4) is 0 Å². The number of hydrogen-bond donors (Lipinski definition) is 0. The van der Waals surface area contributed by atoms with E-state index in [1.165, 1.54) is 16.7 Å². The van der Waals surface area contributed by atoms with Crippen molar-refractivity contribution in [2.24, 2.45) is 4.99 Å². The highest BCUT2D eigenvalue weighted by atomic mass is 32.1. The molecule has 10 heteroatoms. The Morgan fingerprint density at radius 2 is 1.72 bits per heavy atom. The van der Waals surface area contributed by atoms with E-state index in [4.69, 9.17) is 9.47 Å². The molecule has 1 amide bonds. The molecule has 8 nitrogen and oxygen atoms in total. The van der Waals surface area contributed by atoms with Gasteiger partial charge < -0.3 is 14.4 Å². The number of rotatable bonds is 6. The lowest BCUT2D eigenvalue weighted by Crippen LogP contribution is -2.41. The number of benzene rings is 3. The lowest BCUT2D eigenvalue weighted by Gasteiger charge is -2.25. The van der Waals surface area contributed by atoms with Crippen molar-refractivity contribution in [2.45, 2.75) is 39.5 Å². The predicted molar refractivity (Wildman–Crippen MR) is 161 cm³/mol. The number of thiazole rings is 1. The molecule has 2 aliphatic heterocycles. The molecule has 0 bridgehead atoms. The van der Waals surface area contributed by atoms with E-state index in [9.17, 15) is 18.8 Å². The van der Waals surface area contributed by atoms with Crippen LogP contribution >= 0.6 is 11.3 Å². The minimum atomic E-state index is -0.829. The minimum Gasteiger partial charge on any atom is -0.497 e. The van der Waals surface area contributed by atoms with Crippen molar-refractivity contribution in [1.82, 2.24) is 4.57 Å². The third-order valence-corrected chi connectivity index (χ3v) is 8.45. The summed E-state index contributed by atoms with van der Waals surface area (Å²) in [5.41, 5.74) is 3.20. The van der Waals surface area contributed by atoms with Gasteiger partial charge in [0.15, 0.2) is 4.80 Å². The fourth-order valence-electron chi connectivity index (χ4n) is 5.44. The average molecular weight is 598 g/mol. The first-order chi connectivity index (χ1) is 20.7. The van der Waals surface area contributed by atoms with Crippen molar-refractivity contribution in [3.63, 3.8) is 0 Å². The Bertz CT molecular complexity index is 1970. The number of carbonyl (C=O) groups is 2. The van der Waals surface area contributed by atoms with Gasteiger partial charge in [-0.2, -0.15) is 0 Å². The van der Waals surface area contributed by atoms with Crippen molar-refractivity contribution in [1.29, 1.82) is 0 Å². The Kier molecular flexibility index (Phi) is 7.31. The highest BCUT2D eigenvalue weighted by Gasteiger charge is 2.37. The molecule has 3 aromatic carbocycles. The summed E-state index contributed by atoms with van der Waals surface area (Å²) in [7, 11) is 1.56. The SMILES string of the molecule is COc1ccc(C2C(C(=O)OC(C)C)=C(C)N=c3sc(=C4C(=O)N(Cc5ccc(F)cc5)c5ccccc54)c(=O)n32)cc1. The molecule has 0 saturated heterocycles. The lowest BCUT2D eigenvalue weighted by molar-refractivity contribution is -0.143. The Hall–Kier alpha value is -4.83. The standard InChI is InChI=1S/C33H28FN3O5S/c1-18(2)42-32(40)26-19(3)35-33-37(28(26)21-11-15-23(41-4)16-12-21)31(39)29(43-33)27-24-7-5-6-8-25(24)36(30(27)38)17-20-9-13-22(34)14-10-20/h5-16,18,28H,17H2,1-4H3. The Balaban J connectivity index is 1.55. The molecule has 0 radical (unpaired) electrons. The van der Waals surface area contributed by atoms with E-state index in [0.717, 1.165) is 16.9 Å². The normalized spacial score (nSPS) is 17.1. The summed E-state index contributed by atoms with van der Waals surface area (Å²) in [4.78, 5) is 48.4. The first-order valence-electron chi connectivity index (χ1n) is 13.7. The second-order valence-electron chi connectivity index (χ2n) is 10.5. The Labute approximate surface area is 250 Å². The summed E-state index contributed by atoms with van der Waals surface area (Å²) >= 11 is 1.11. The zero-order valence-electron chi connectivity index (χ0n) is 24.0. The summed E-state index contributed by atoms with van der Waals surface area (Å²) in [6.45, 7) is 5.44. The molecule has 3 heterocycles. The number of aromatic nitrogens is 1. The van der Waals surface area contributed by atoms with Gasteiger partial charge in [-0.05, 0) is 62.2 Å². The van der Waals surface area contributed by atoms with E-state index >= 15 is 0 Å². The number of allylic oxidation sites excluding steroid dienone is 1. The van der Waals surface area contributed by atoms with Crippen LogP contribution in [-0.2, 0) is 20.9 Å². The maximum Gasteiger partial charge on any atom is 0.338 e. The molecule has 0 saturated carbocycles. The number of para-hydroxylation sites is 1. The number of fused-ring (bicyclic) bond motifs is 2. The molecule has 4 aromatic rings. The van der Waals surface area contributed by atoms with Gasteiger partial charge in [0.1, 0.15) is 16.1 Å². The number of ether oxygens (including phenoxy) is 2. The number of halogens is 1. The molecule has 0 fully saturated rings. The molecule has 0 N–H and O–H groups in total. The first kappa shape index (κ1) is 28.3. The fraction of sp³-hybridized carbons (Fsp3) is 0.212. The summed E-state index contributed by atoms with van der Waals surface area (Å²) in [6.07, 6.45) is -0.379. The zero-order valence-corrected chi connectivity index (χ0v) is 24.8. The number of methoxy groups -OCH3 is 1. The number of amides is 1. The smallest absolute Gasteiger partial charge is 0.338 e. The third kappa shape index (κ3) is 4.97. The number of carbonyl (C=O) groups excluding carboxylic acids is 2. The largest absolute Gasteiger partial charge is 0.497 e. The van der Waals surface area contributed by atoms with Gasteiger partial charge in [0.25, 0.3) is 11.5 Å². The Morgan fingerprint density at radius 3 is 2.40 bits per heavy atom. The second-order valence-corrected chi connectivity index (χ2v) is 11.5. The van der Waals surface area contributed by atoms with Crippen LogP contribution < -0.4 is 24.5 Å². The molecule has 1 atom stereocenters. The van der Waals surface area contributed by atoms with Crippen LogP contribution in [0, 0.1) is 5.82 Å². The molecular weight excluding hydrogens is 569 g/mol. The highest BCUT2D eigenvalue weighted by Crippen LogP contribution is 2.37. The maximum atomic E-state index is 14.3. The summed E-state index contributed by atoms with van der Waals surface area (Å²) in [5, 5.41) is 0. The minimum absolute atomic E-state index is 0.205. The van der Waals surface area contributed by atoms with E-state index in [0.29, 0.717) is 33.1 Å². The van der Waals surface area contributed by atoms with Crippen LogP contribution in [0.4, 0.5) is 10.1 Å². The topological polar surface area (TPSA) is 90.2 Å². The zero-order chi connectivity index (χ0) is 30.4. The van der Waals surface area contributed by atoms with Gasteiger partial charge in [0, 0.05) is 5.56 Å². The molecule has 1 unspecified atom stereocenters. The van der Waals surface area contributed by atoms with Crippen LogP contribution in [0.1, 0.15) is 43.5 Å². The van der Waals surface area contributed by atoms with Crippen molar-refractivity contribution < 1.29 is 23.5 Å². The van der Waals surface area contributed by atoms with Crippen LogP contribution in [0.5, 0.6) is 5.75 Å². The van der Waals surface area contributed by atoms with Crippen molar-refractivity contribution in [2.75, 3.05) is 12.0 Å². The van der Waals surface area contributed by atoms with Crippen LogP contribution in [0.15, 0.2) is 93.9 Å². The monoisotopic (exact) mass is 597 g/mol. The van der Waals surface area contributed by atoms with Crippen molar-refractivity contribution in [3.8, 4) is 5.75 Å². The van der Waals surface area contributed by atoms with Crippen LogP contribution in [0.2, 0.25) is 0 Å². The highest BCUT2D eigenvalue weighted by molar-refractivity contribution is 7.07. The quantitative estimate of drug-likeness (QED) is 0.310. The van der Waals surface area contributed by atoms with Gasteiger partial charge in [0.2, 0.25) is 0 Å². The number of nitrogens with zero attached hydrogens (tertiary/aromatic N) is 3. The van der Waals surface area contributed by atoms with E-state index in [2.05, 4.69) is 4.99 Å². The number of anilines is 1. The summed E-state index contributed by atoms with van der Waals surface area (Å²) < 4.78 is 26.1.